The Morgan fingerprint density at radius 3 is 2.54 bits per heavy atom. The van der Waals surface area contributed by atoms with E-state index in [0.29, 0.717) is 11.6 Å². The average molecular weight is 349 g/mol. The number of benzene rings is 2. The summed E-state index contributed by atoms with van der Waals surface area (Å²) in [6.45, 7) is 1.48. The summed E-state index contributed by atoms with van der Waals surface area (Å²) in [7, 11) is 0. The molecule has 0 unspecified atom stereocenters. The molecule has 1 saturated heterocycles. The minimum atomic E-state index is -0.271. The Morgan fingerprint density at radius 1 is 1.04 bits per heavy atom. The van der Waals surface area contributed by atoms with E-state index in [4.69, 9.17) is 0 Å². The first-order chi connectivity index (χ1) is 12.7. The van der Waals surface area contributed by atoms with E-state index < -0.39 is 0 Å². The maximum absolute atomic E-state index is 13.4. The van der Waals surface area contributed by atoms with E-state index in [-0.39, 0.29) is 11.7 Å². The molecule has 0 aliphatic carbocycles. The second kappa shape index (κ2) is 7.12. The van der Waals surface area contributed by atoms with Gasteiger partial charge in [0, 0.05) is 24.8 Å². The van der Waals surface area contributed by atoms with Gasteiger partial charge in [0.2, 0.25) is 0 Å². The molecule has 3 aromatic rings. The van der Waals surface area contributed by atoms with E-state index >= 15 is 0 Å². The van der Waals surface area contributed by atoms with Gasteiger partial charge in [-0.05, 0) is 54.7 Å². The highest BCUT2D eigenvalue weighted by atomic mass is 19.1. The van der Waals surface area contributed by atoms with E-state index in [9.17, 15) is 9.18 Å². The van der Waals surface area contributed by atoms with E-state index in [0.717, 1.165) is 37.1 Å². The topological polar surface area (TPSA) is 38.1 Å². The van der Waals surface area contributed by atoms with Crippen LogP contribution in [0.25, 0.3) is 5.69 Å². The molecule has 26 heavy (non-hydrogen) atoms. The van der Waals surface area contributed by atoms with Crippen LogP contribution in [0.15, 0.2) is 67.0 Å². The highest BCUT2D eigenvalue weighted by Crippen LogP contribution is 2.29. The van der Waals surface area contributed by atoms with Crippen LogP contribution >= 0.6 is 0 Å². The van der Waals surface area contributed by atoms with Crippen LogP contribution < -0.4 is 0 Å². The maximum Gasteiger partial charge on any atom is 0.253 e. The number of aromatic nitrogens is 2. The Labute approximate surface area is 151 Å². The fourth-order valence-electron chi connectivity index (χ4n) is 3.49. The number of likely N-dealkylation sites (tertiary alicyclic amines) is 1. The third kappa shape index (κ3) is 3.38. The van der Waals surface area contributed by atoms with E-state index in [1.807, 2.05) is 53.7 Å². The molecule has 1 fully saturated rings. The zero-order chi connectivity index (χ0) is 17.9. The van der Waals surface area contributed by atoms with Crippen molar-refractivity contribution >= 4 is 5.91 Å². The lowest BCUT2D eigenvalue weighted by atomic mass is 9.91. The quantitative estimate of drug-likeness (QED) is 0.716. The number of piperidine rings is 1. The second-order valence-corrected chi connectivity index (χ2v) is 6.63. The molecule has 2 heterocycles. The first-order valence-corrected chi connectivity index (χ1v) is 8.85. The zero-order valence-corrected chi connectivity index (χ0v) is 14.4. The van der Waals surface area contributed by atoms with Crippen molar-refractivity contribution in [1.29, 1.82) is 0 Å². The molecule has 0 N–H and O–H groups in total. The molecule has 1 amide bonds. The number of carbonyl (C=O) groups is 1. The van der Waals surface area contributed by atoms with Gasteiger partial charge in [-0.1, -0.05) is 24.3 Å². The summed E-state index contributed by atoms with van der Waals surface area (Å²) < 4.78 is 15.1. The molecule has 0 saturated carbocycles. The predicted octanol–water partition coefficient (Wildman–Crippen LogP) is 4.03. The van der Waals surface area contributed by atoms with E-state index in [1.54, 1.807) is 10.7 Å². The third-order valence-corrected chi connectivity index (χ3v) is 4.95. The predicted molar refractivity (Wildman–Crippen MR) is 97.8 cm³/mol. The molecular formula is C21H20FN3O. The summed E-state index contributed by atoms with van der Waals surface area (Å²) in [5, 5.41) is 4.37. The first-order valence-electron chi connectivity index (χ1n) is 8.85. The molecule has 4 rings (SSSR count). The number of amides is 1. The molecular weight excluding hydrogens is 329 g/mol. The Morgan fingerprint density at radius 2 is 1.81 bits per heavy atom. The van der Waals surface area contributed by atoms with Crippen molar-refractivity contribution in [2.24, 2.45) is 0 Å². The van der Waals surface area contributed by atoms with Gasteiger partial charge >= 0.3 is 0 Å². The monoisotopic (exact) mass is 349 g/mol. The van der Waals surface area contributed by atoms with Crippen LogP contribution in [-0.4, -0.2) is 33.7 Å². The van der Waals surface area contributed by atoms with Gasteiger partial charge in [0.15, 0.2) is 0 Å². The highest BCUT2D eigenvalue weighted by molar-refractivity contribution is 5.94. The fourth-order valence-corrected chi connectivity index (χ4v) is 3.49. The van der Waals surface area contributed by atoms with Crippen LogP contribution in [0.3, 0.4) is 0 Å². The standard InChI is InChI=1S/C21H20FN3O/c22-19-7-4-8-20(13-19)25-15-18(14-23-25)16-9-11-24(12-10-16)21(26)17-5-2-1-3-6-17/h1-8,13-16H,9-12H2. The Balaban J connectivity index is 1.42. The molecule has 1 aliphatic heterocycles. The molecule has 0 atom stereocenters. The highest BCUT2D eigenvalue weighted by Gasteiger charge is 2.25. The van der Waals surface area contributed by atoms with Crippen LogP contribution in [0, 0.1) is 5.82 Å². The molecule has 5 heteroatoms. The van der Waals surface area contributed by atoms with Crippen LogP contribution in [0.1, 0.15) is 34.7 Å². The third-order valence-electron chi connectivity index (χ3n) is 4.95. The fraction of sp³-hybridized carbons (Fsp3) is 0.238. The van der Waals surface area contributed by atoms with Gasteiger partial charge in [0.25, 0.3) is 5.91 Å². The molecule has 1 aliphatic rings. The largest absolute Gasteiger partial charge is 0.339 e. The molecule has 132 valence electrons. The van der Waals surface area contributed by atoms with Crippen molar-refractivity contribution in [3.05, 3.63) is 83.9 Å². The summed E-state index contributed by atoms with van der Waals surface area (Å²) in [4.78, 5) is 14.5. The summed E-state index contributed by atoms with van der Waals surface area (Å²) in [5.74, 6) is 0.198. The van der Waals surface area contributed by atoms with Gasteiger partial charge in [-0.25, -0.2) is 9.07 Å². The van der Waals surface area contributed by atoms with Crippen LogP contribution in [0.5, 0.6) is 0 Å². The van der Waals surface area contributed by atoms with Crippen LogP contribution in [-0.2, 0) is 0 Å². The summed E-state index contributed by atoms with van der Waals surface area (Å²) in [6.07, 6.45) is 5.64. The maximum atomic E-state index is 13.4. The number of halogens is 1. The van der Waals surface area contributed by atoms with Crippen molar-refractivity contribution in [1.82, 2.24) is 14.7 Å². The lowest BCUT2D eigenvalue weighted by Crippen LogP contribution is -2.37. The van der Waals surface area contributed by atoms with Crippen molar-refractivity contribution in [3.8, 4) is 5.69 Å². The SMILES string of the molecule is O=C(c1ccccc1)N1CCC(c2cnn(-c3cccc(F)c3)c2)CC1. The van der Waals surface area contributed by atoms with Gasteiger partial charge in [0.1, 0.15) is 5.82 Å². The summed E-state index contributed by atoms with van der Waals surface area (Å²) >= 11 is 0. The second-order valence-electron chi connectivity index (χ2n) is 6.63. The minimum Gasteiger partial charge on any atom is -0.339 e. The van der Waals surface area contributed by atoms with Crippen molar-refractivity contribution < 1.29 is 9.18 Å². The normalized spacial score (nSPS) is 15.2. The summed E-state index contributed by atoms with van der Waals surface area (Å²) in [5.41, 5.74) is 2.60. The molecule has 0 spiro atoms. The summed E-state index contributed by atoms with van der Waals surface area (Å²) in [6, 6.07) is 15.8. The zero-order valence-electron chi connectivity index (χ0n) is 14.4. The van der Waals surface area contributed by atoms with Gasteiger partial charge in [-0.3, -0.25) is 4.79 Å². The van der Waals surface area contributed by atoms with Crippen LogP contribution in [0.4, 0.5) is 4.39 Å². The smallest absolute Gasteiger partial charge is 0.253 e. The number of carbonyl (C=O) groups excluding carboxylic acids is 1. The van der Waals surface area contributed by atoms with Crippen molar-refractivity contribution in [2.45, 2.75) is 18.8 Å². The van der Waals surface area contributed by atoms with Gasteiger partial charge < -0.3 is 4.90 Å². The Bertz CT molecular complexity index is 898. The number of hydrogen-bond donors (Lipinski definition) is 0. The van der Waals surface area contributed by atoms with E-state index in [2.05, 4.69) is 5.10 Å². The van der Waals surface area contributed by atoms with Gasteiger partial charge in [-0.15, -0.1) is 0 Å². The van der Waals surface area contributed by atoms with Crippen LogP contribution in [0.2, 0.25) is 0 Å². The molecule has 0 bridgehead atoms. The number of rotatable bonds is 3. The first kappa shape index (κ1) is 16.5. The number of nitrogens with zero attached hydrogens (tertiary/aromatic N) is 3. The van der Waals surface area contributed by atoms with Crippen molar-refractivity contribution in [2.75, 3.05) is 13.1 Å². The average Bonchev–Trinajstić information content (AvgIpc) is 3.18. The molecule has 1 aromatic heterocycles. The van der Waals surface area contributed by atoms with Crippen molar-refractivity contribution in [3.63, 3.8) is 0 Å². The van der Waals surface area contributed by atoms with E-state index in [1.165, 1.54) is 12.1 Å². The Hall–Kier alpha value is -2.95. The minimum absolute atomic E-state index is 0.0968. The lowest BCUT2D eigenvalue weighted by molar-refractivity contribution is 0.0713. The lowest BCUT2D eigenvalue weighted by Gasteiger charge is -2.31. The molecule has 0 radical (unpaired) electrons. The van der Waals surface area contributed by atoms with Gasteiger partial charge in [0.05, 0.1) is 11.9 Å². The molecule has 4 nitrogen and oxygen atoms in total. The van der Waals surface area contributed by atoms with Gasteiger partial charge in [-0.2, -0.15) is 5.10 Å². The molecule has 2 aromatic carbocycles. The number of hydrogen-bond acceptors (Lipinski definition) is 2. The Kier molecular flexibility index (Phi) is 4.52.